The number of aliphatic hydroxyl groups is 1. The first-order valence-electron chi connectivity index (χ1n) is 29.8. The van der Waals surface area contributed by atoms with E-state index in [4.69, 9.17) is 9.05 Å². The quantitative estimate of drug-likeness (QED) is 0.0243. The summed E-state index contributed by atoms with van der Waals surface area (Å²) in [5, 5.41) is 13.9. The molecule has 9 heteroatoms. The van der Waals surface area contributed by atoms with Gasteiger partial charge in [0.15, 0.2) is 0 Å². The fraction of sp³-hybridized carbons (Fsp3) is 0.790. The predicted octanol–water partition coefficient (Wildman–Crippen LogP) is 18.3. The van der Waals surface area contributed by atoms with Crippen LogP contribution in [0.3, 0.4) is 0 Å². The van der Waals surface area contributed by atoms with Crippen LogP contribution in [0.4, 0.5) is 0 Å². The molecule has 3 unspecified atom stereocenters. The zero-order chi connectivity index (χ0) is 52.0. The van der Waals surface area contributed by atoms with Gasteiger partial charge in [-0.25, -0.2) is 4.57 Å². The van der Waals surface area contributed by atoms with Crippen molar-refractivity contribution in [3.8, 4) is 0 Å². The van der Waals surface area contributed by atoms with Crippen LogP contribution in [-0.4, -0.2) is 73.4 Å². The lowest BCUT2D eigenvalue weighted by Crippen LogP contribution is -2.45. The summed E-state index contributed by atoms with van der Waals surface area (Å²) in [5.41, 5.74) is 0. The van der Waals surface area contributed by atoms with Crippen LogP contribution < -0.4 is 5.32 Å². The van der Waals surface area contributed by atoms with Gasteiger partial charge in [0, 0.05) is 6.42 Å². The number of carbonyl (C=O) groups is 1. The van der Waals surface area contributed by atoms with Crippen molar-refractivity contribution in [2.24, 2.45) is 0 Å². The molecule has 71 heavy (non-hydrogen) atoms. The van der Waals surface area contributed by atoms with E-state index < -0.39 is 20.0 Å². The first-order chi connectivity index (χ1) is 34.5. The molecule has 414 valence electrons. The monoisotopic (exact) mass is 1020 g/mol. The average Bonchev–Trinajstić information content (AvgIpc) is 3.33. The van der Waals surface area contributed by atoms with Gasteiger partial charge in [0.05, 0.1) is 39.9 Å². The molecule has 8 nitrogen and oxygen atoms in total. The van der Waals surface area contributed by atoms with Gasteiger partial charge in [-0.2, -0.15) is 0 Å². The molecule has 3 N–H and O–H groups in total. The minimum absolute atomic E-state index is 0.0491. The highest BCUT2D eigenvalue weighted by Gasteiger charge is 2.27. The Morgan fingerprint density at radius 1 is 0.479 bits per heavy atom. The Morgan fingerprint density at radius 3 is 1.23 bits per heavy atom. The largest absolute Gasteiger partial charge is 0.472 e. The number of hydrogen-bond acceptors (Lipinski definition) is 5. The van der Waals surface area contributed by atoms with E-state index in [0.29, 0.717) is 17.4 Å². The Morgan fingerprint density at radius 2 is 0.817 bits per heavy atom. The standard InChI is InChI=1S/C62H115N2O6P/c1-6-8-10-12-14-16-18-20-22-24-26-28-30-31-32-34-35-37-39-41-43-45-47-49-51-53-55-61(65)60(59-70-71(67,68)69-58-57-64(3,4)5)63-62(66)56-54-52-50-48-46-44-42-40-38-36-33-29-27-25-23-21-19-17-15-13-11-9-7-2/h19,21,25,27,33,36-37,39,45,47,53,55,60-61,65H,6-18,20,22-24,26,28-32,34-35,38,40-44,46,48-52,54,56-59H2,1-5H3,(H-,63,66,67,68)/p+1/b21-19-,27-25-,36-33-,39-37+,47-45+,55-53+. The topological polar surface area (TPSA) is 105 Å². The number of likely N-dealkylation sites (N-methyl/N-ethyl adjacent to an activating group) is 1. The van der Waals surface area contributed by atoms with Crippen LogP contribution in [0.15, 0.2) is 72.9 Å². The number of unbranched alkanes of at least 4 members (excludes halogenated alkanes) is 31. The van der Waals surface area contributed by atoms with Crippen LogP contribution >= 0.6 is 7.82 Å². The van der Waals surface area contributed by atoms with Gasteiger partial charge in [0.25, 0.3) is 0 Å². The van der Waals surface area contributed by atoms with Gasteiger partial charge >= 0.3 is 7.82 Å². The molecular weight excluding hydrogens is 900 g/mol. The molecule has 0 rings (SSSR count). The molecule has 0 aromatic carbocycles. The second kappa shape index (κ2) is 52.8. The molecule has 0 aromatic heterocycles. The van der Waals surface area contributed by atoms with Crippen molar-refractivity contribution in [2.45, 2.75) is 276 Å². The van der Waals surface area contributed by atoms with Crippen molar-refractivity contribution in [1.29, 1.82) is 0 Å². The van der Waals surface area contributed by atoms with Crippen molar-refractivity contribution in [1.82, 2.24) is 5.32 Å². The van der Waals surface area contributed by atoms with Gasteiger partial charge in [0.2, 0.25) is 5.91 Å². The second-order valence-electron chi connectivity index (χ2n) is 21.3. The highest BCUT2D eigenvalue weighted by molar-refractivity contribution is 7.47. The van der Waals surface area contributed by atoms with E-state index in [0.717, 1.165) is 64.2 Å². The number of nitrogens with zero attached hydrogens (tertiary/aromatic N) is 1. The molecule has 0 aliphatic carbocycles. The SMILES string of the molecule is CCCCCCC/C=C\C/C=C\C/C=C\CCCCCCCCCCC(=O)NC(COP(=O)(O)OCC[N+](C)(C)C)C(O)/C=C/CC/C=C/CC/C=C/CCCCCCCCCCCCCCCCCC. The lowest BCUT2D eigenvalue weighted by molar-refractivity contribution is -0.870. The number of allylic oxidation sites excluding steroid dienone is 11. The summed E-state index contributed by atoms with van der Waals surface area (Å²) in [6.45, 7) is 4.79. The number of nitrogens with one attached hydrogen (secondary N) is 1. The van der Waals surface area contributed by atoms with Crippen LogP contribution in [0, 0.1) is 0 Å². The number of amides is 1. The minimum Gasteiger partial charge on any atom is -0.387 e. The zero-order valence-corrected chi connectivity index (χ0v) is 48.1. The Bertz CT molecular complexity index is 1380. The van der Waals surface area contributed by atoms with Crippen molar-refractivity contribution in [3.63, 3.8) is 0 Å². The van der Waals surface area contributed by atoms with Crippen LogP contribution in [0.5, 0.6) is 0 Å². The molecule has 0 aromatic rings. The Balaban J connectivity index is 4.30. The maximum absolute atomic E-state index is 13.0. The van der Waals surface area contributed by atoms with Gasteiger partial charge in [0.1, 0.15) is 13.2 Å². The Kier molecular flexibility index (Phi) is 51.3. The van der Waals surface area contributed by atoms with E-state index in [1.165, 1.54) is 180 Å². The van der Waals surface area contributed by atoms with E-state index in [9.17, 15) is 19.4 Å². The van der Waals surface area contributed by atoms with E-state index in [2.05, 4.69) is 79.9 Å². The van der Waals surface area contributed by atoms with Gasteiger partial charge < -0.3 is 19.8 Å². The van der Waals surface area contributed by atoms with Gasteiger partial charge in [-0.1, -0.05) is 247 Å². The number of phosphoric ester groups is 1. The van der Waals surface area contributed by atoms with Crippen molar-refractivity contribution in [3.05, 3.63) is 72.9 Å². The molecule has 0 fully saturated rings. The molecule has 0 spiro atoms. The van der Waals surface area contributed by atoms with E-state index in [-0.39, 0.29) is 19.1 Å². The summed E-state index contributed by atoms with van der Waals surface area (Å²) >= 11 is 0. The third-order valence-corrected chi connectivity index (χ3v) is 14.1. The van der Waals surface area contributed by atoms with Crippen LogP contribution in [-0.2, 0) is 18.4 Å². The first kappa shape index (κ1) is 68.9. The number of quaternary nitrogens is 1. The fourth-order valence-electron chi connectivity index (χ4n) is 8.43. The zero-order valence-electron chi connectivity index (χ0n) is 47.2. The van der Waals surface area contributed by atoms with E-state index in [1.807, 2.05) is 27.2 Å². The number of phosphoric acid groups is 1. The molecule has 1 amide bonds. The van der Waals surface area contributed by atoms with Crippen LogP contribution in [0.1, 0.15) is 264 Å². The molecule has 0 heterocycles. The summed E-state index contributed by atoms with van der Waals surface area (Å²) in [5.74, 6) is -0.198. The van der Waals surface area contributed by atoms with E-state index in [1.54, 1.807) is 6.08 Å². The lowest BCUT2D eigenvalue weighted by Gasteiger charge is -2.25. The molecule has 0 aliphatic rings. The number of aliphatic hydroxyl groups excluding tert-OH is 1. The van der Waals surface area contributed by atoms with Crippen molar-refractivity contribution < 1.29 is 32.9 Å². The maximum atomic E-state index is 13.0. The molecule has 0 radical (unpaired) electrons. The number of carbonyl (C=O) groups excluding carboxylic acids is 1. The van der Waals surface area contributed by atoms with Gasteiger partial charge in [-0.3, -0.25) is 13.8 Å². The third kappa shape index (κ3) is 55.5. The van der Waals surface area contributed by atoms with Gasteiger partial charge in [-0.15, -0.1) is 0 Å². The maximum Gasteiger partial charge on any atom is 0.472 e. The molecule has 0 saturated carbocycles. The predicted molar refractivity (Wildman–Crippen MR) is 309 cm³/mol. The summed E-state index contributed by atoms with van der Waals surface area (Å²) in [6.07, 6.45) is 73.0. The summed E-state index contributed by atoms with van der Waals surface area (Å²) in [7, 11) is 1.54. The average molecular weight is 1020 g/mol. The summed E-state index contributed by atoms with van der Waals surface area (Å²) < 4.78 is 23.7. The fourth-order valence-corrected chi connectivity index (χ4v) is 9.17. The normalized spacial score (nSPS) is 14.4. The number of rotatable bonds is 54. The van der Waals surface area contributed by atoms with Crippen molar-refractivity contribution in [2.75, 3.05) is 40.9 Å². The lowest BCUT2D eigenvalue weighted by atomic mass is 10.0. The van der Waals surface area contributed by atoms with Crippen LogP contribution in [0.2, 0.25) is 0 Å². The Hall–Kier alpha value is -2.06. The van der Waals surface area contributed by atoms with Gasteiger partial charge in [-0.05, 0) is 83.5 Å². The molecule has 0 saturated heterocycles. The Labute approximate surface area is 440 Å². The first-order valence-corrected chi connectivity index (χ1v) is 31.3. The highest BCUT2D eigenvalue weighted by atomic mass is 31.2. The summed E-state index contributed by atoms with van der Waals surface area (Å²) in [4.78, 5) is 23.3. The molecular formula is C62H116N2O6P+. The third-order valence-electron chi connectivity index (χ3n) is 13.1. The second-order valence-corrected chi connectivity index (χ2v) is 22.8. The van der Waals surface area contributed by atoms with E-state index >= 15 is 0 Å². The molecule has 0 aliphatic heterocycles. The summed E-state index contributed by atoms with van der Waals surface area (Å²) in [6, 6.07) is -0.879. The van der Waals surface area contributed by atoms with Crippen LogP contribution in [0.25, 0.3) is 0 Å². The molecule has 0 bridgehead atoms. The minimum atomic E-state index is -4.37. The number of hydrogen-bond donors (Lipinski definition) is 3. The smallest absolute Gasteiger partial charge is 0.387 e. The van der Waals surface area contributed by atoms with Crippen molar-refractivity contribution >= 4 is 13.7 Å². The molecule has 3 atom stereocenters. The highest BCUT2D eigenvalue weighted by Crippen LogP contribution is 2.43.